The number of nitrogens with zero attached hydrogens (tertiary/aromatic N) is 3. The maximum absolute atomic E-state index is 13.7. The van der Waals surface area contributed by atoms with Crippen LogP contribution in [0.3, 0.4) is 0 Å². The third-order valence-corrected chi connectivity index (χ3v) is 6.76. The van der Waals surface area contributed by atoms with Crippen molar-refractivity contribution in [1.82, 2.24) is 19.7 Å². The van der Waals surface area contributed by atoms with Crippen LogP contribution < -0.4 is 4.74 Å². The number of nitrogens with one attached hydrogen (secondary N) is 1. The molecule has 2 atom stereocenters. The summed E-state index contributed by atoms with van der Waals surface area (Å²) in [4.78, 5) is 36.1. The van der Waals surface area contributed by atoms with Gasteiger partial charge in [0.15, 0.2) is 0 Å². The number of aromatic nitrogens is 1. The Labute approximate surface area is 187 Å². The molecule has 0 radical (unpaired) electrons. The van der Waals surface area contributed by atoms with E-state index in [4.69, 9.17) is 4.74 Å². The largest absolute Gasteiger partial charge is 0.497 e. The van der Waals surface area contributed by atoms with Crippen LogP contribution in [0.15, 0.2) is 48.5 Å². The van der Waals surface area contributed by atoms with E-state index in [2.05, 4.69) is 4.98 Å². The number of carbonyl (C=O) groups excluding carboxylic acids is 2. The minimum atomic E-state index is -0.949. The molecule has 32 heavy (non-hydrogen) atoms. The van der Waals surface area contributed by atoms with E-state index in [1.165, 1.54) is 4.90 Å². The first kappa shape index (κ1) is 20.6. The number of ether oxygens (including phenoxy) is 1. The third kappa shape index (κ3) is 2.92. The summed E-state index contributed by atoms with van der Waals surface area (Å²) >= 11 is 0. The number of likely N-dealkylation sites (N-methyl/N-ethyl adjacent to an activating group) is 1. The molecule has 2 unspecified atom stereocenters. The molecule has 0 bridgehead atoms. The van der Waals surface area contributed by atoms with Gasteiger partial charge in [0.2, 0.25) is 0 Å². The van der Waals surface area contributed by atoms with Gasteiger partial charge in [-0.15, -0.1) is 0 Å². The number of aromatic amines is 1. The van der Waals surface area contributed by atoms with E-state index in [0.29, 0.717) is 19.5 Å². The highest BCUT2D eigenvalue weighted by molar-refractivity contribution is 6.08. The van der Waals surface area contributed by atoms with Crippen LogP contribution >= 0.6 is 0 Å². The van der Waals surface area contributed by atoms with Gasteiger partial charge in [-0.1, -0.05) is 30.3 Å². The van der Waals surface area contributed by atoms with E-state index in [0.717, 1.165) is 33.5 Å². The first-order valence-corrected chi connectivity index (χ1v) is 10.9. The average molecular weight is 433 g/mol. The van der Waals surface area contributed by atoms with Crippen molar-refractivity contribution in [3.05, 3.63) is 65.4 Å². The zero-order chi connectivity index (χ0) is 22.6. The summed E-state index contributed by atoms with van der Waals surface area (Å²) in [5.41, 5.74) is 3.05. The van der Waals surface area contributed by atoms with E-state index in [9.17, 15) is 9.59 Å². The number of carbonyl (C=O) groups is 2. The maximum atomic E-state index is 13.7. The molecular weight excluding hydrogens is 404 g/mol. The molecule has 3 heterocycles. The SMILES string of the molecule is COc1ccc2[nH]c3c(c2c1)CC1(C)C(=O)N(CCN(C)C)C(=O)N1C3c1ccccc1. The third-order valence-electron chi connectivity index (χ3n) is 6.76. The van der Waals surface area contributed by atoms with E-state index in [-0.39, 0.29) is 18.0 Å². The summed E-state index contributed by atoms with van der Waals surface area (Å²) in [7, 11) is 5.53. The molecule has 3 aromatic rings. The zero-order valence-corrected chi connectivity index (χ0v) is 18.9. The lowest BCUT2D eigenvalue weighted by molar-refractivity contribution is -0.133. The van der Waals surface area contributed by atoms with Gasteiger partial charge in [0.1, 0.15) is 17.3 Å². The fourth-order valence-electron chi connectivity index (χ4n) is 5.10. The molecule has 1 saturated heterocycles. The maximum Gasteiger partial charge on any atom is 0.328 e. The lowest BCUT2D eigenvalue weighted by atomic mass is 9.81. The highest BCUT2D eigenvalue weighted by Gasteiger charge is 2.60. The smallest absolute Gasteiger partial charge is 0.328 e. The summed E-state index contributed by atoms with van der Waals surface area (Å²) in [6.45, 7) is 2.91. The molecule has 2 aliphatic rings. The Hall–Kier alpha value is -3.32. The topological polar surface area (TPSA) is 68.9 Å². The molecule has 2 aromatic carbocycles. The number of imide groups is 1. The number of benzene rings is 2. The van der Waals surface area contributed by atoms with Crippen LogP contribution in [0.5, 0.6) is 5.75 Å². The van der Waals surface area contributed by atoms with Crippen molar-refractivity contribution >= 4 is 22.8 Å². The first-order chi connectivity index (χ1) is 15.3. The number of methoxy groups -OCH3 is 1. The molecule has 1 N–H and O–H groups in total. The van der Waals surface area contributed by atoms with Crippen molar-refractivity contribution in [2.45, 2.75) is 24.9 Å². The Morgan fingerprint density at radius 1 is 1.16 bits per heavy atom. The summed E-state index contributed by atoms with van der Waals surface area (Å²) in [6, 6.07) is 15.3. The van der Waals surface area contributed by atoms with Crippen molar-refractivity contribution in [1.29, 1.82) is 0 Å². The van der Waals surface area contributed by atoms with E-state index < -0.39 is 5.54 Å². The molecule has 166 valence electrons. The Kier molecular flexibility index (Phi) is 4.74. The molecule has 1 aromatic heterocycles. The predicted molar refractivity (Wildman–Crippen MR) is 123 cm³/mol. The monoisotopic (exact) mass is 432 g/mol. The van der Waals surface area contributed by atoms with Crippen molar-refractivity contribution in [3.8, 4) is 5.75 Å². The molecule has 7 nitrogen and oxygen atoms in total. The quantitative estimate of drug-likeness (QED) is 0.628. The summed E-state index contributed by atoms with van der Waals surface area (Å²) in [6.07, 6.45) is 0.460. The number of rotatable bonds is 5. The summed E-state index contributed by atoms with van der Waals surface area (Å²) in [5, 5.41) is 1.04. The van der Waals surface area contributed by atoms with Gasteiger partial charge in [-0.05, 0) is 50.3 Å². The minimum absolute atomic E-state index is 0.131. The lowest BCUT2D eigenvalue weighted by Crippen LogP contribution is -2.53. The van der Waals surface area contributed by atoms with Gasteiger partial charge in [0, 0.05) is 36.1 Å². The van der Waals surface area contributed by atoms with Gasteiger partial charge in [0.05, 0.1) is 7.11 Å². The van der Waals surface area contributed by atoms with Gasteiger partial charge in [0.25, 0.3) is 5.91 Å². The Morgan fingerprint density at radius 2 is 1.91 bits per heavy atom. The van der Waals surface area contributed by atoms with Crippen molar-refractivity contribution in [2.24, 2.45) is 0 Å². The summed E-state index contributed by atoms with van der Waals surface area (Å²) < 4.78 is 5.46. The van der Waals surface area contributed by atoms with Crippen LogP contribution in [0.1, 0.15) is 29.8 Å². The van der Waals surface area contributed by atoms with E-state index in [1.807, 2.05) is 74.4 Å². The number of urea groups is 1. The second-order valence-corrected chi connectivity index (χ2v) is 9.11. The molecule has 2 aliphatic heterocycles. The Balaban J connectivity index is 1.70. The summed E-state index contributed by atoms with van der Waals surface area (Å²) in [5.74, 6) is 0.637. The first-order valence-electron chi connectivity index (χ1n) is 10.9. The molecule has 0 aliphatic carbocycles. The number of hydrogen-bond donors (Lipinski definition) is 1. The highest BCUT2D eigenvalue weighted by Crippen LogP contribution is 2.48. The molecule has 1 fully saturated rings. The molecule has 3 amide bonds. The Bertz CT molecular complexity index is 1200. The molecule has 0 spiro atoms. The average Bonchev–Trinajstić information content (AvgIpc) is 3.23. The van der Waals surface area contributed by atoms with Crippen molar-refractivity contribution in [2.75, 3.05) is 34.3 Å². The van der Waals surface area contributed by atoms with Gasteiger partial charge < -0.3 is 14.6 Å². The van der Waals surface area contributed by atoms with Crippen LogP contribution in [0.4, 0.5) is 4.79 Å². The minimum Gasteiger partial charge on any atom is -0.497 e. The number of H-pyrrole nitrogens is 1. The van der Waals surface area contributed by atoms with Crippen LogP contribution in [-0.2, 0) is 11.2 Å². The second-order valence-electron chi connectivity index (χ2n) is 9.11. The van der Waals surface area contributed by atoms with Crippen LogP contribution in [0.25, 0.3) is 10.9 Å². The normalized spacial score (nSPS) is 22.6. The zero-order valence-electron chi connectivity index (χ0n) is 18.9. The standard InChI is InChI=1S/C25H28N4O3/c1-25-15-19-18-14-17(32-4)10-11-20(18)26-21(19)22(16-8-6-5-7-9-16)29(25)24(31)28(23(25)30)13-12-27(2)3/h5-11,14,22,26H,12-13,15H2,1-4H3. The van der Waals surface area contributed by atoms with Gasteiger partial charge in [-0.25, -0.2) is 4.79 Å². The fourth-order valence-corrected chi connectivity index (χ4v) is 5.10. The highest BCUT2D eigenvalue weighted by atomic mass is 16.5. The van der Waals surface area contributed by atoms with Crippen LogP contribution in [0.2, 0.25) is 0 Å². The number of amides is 3. The van der Waals surface area contributed by atoms with Crippen LogP contribution in [0, 0.1) is 0 Å². The lowest BCUT2D eigenvalue weighted by Gasteiger charge is -2.42. The van der Waals surface area contributed by atoms with E-state index in [1.54, 1.807) is 12.0 Å². The van der Waals surface area contributed by atoms with Crippen molar-refractivity contribution < 1.29 is 14.3 Å². The molecule has 5 rings (SSSR count). The Morgan fingerprint density at radius 3 is 2.59 bits per heavy atom. The number of fused-ring (bicyclic) bond motifs is 4. The molecule has 0 saturated carbocycles. The molecular formula is C25H28N4O3. The number of hydrogen-bond acceptors (Lipinski definition) is 4. The molecule has 7 heteroatoms. The second kappa shape index (κ2) is 7.38. The van der Waals surface area contributed by atoms with Crippen LogP contribution in [-0.4, -0.2) is 71.5 Å². The van der Waals surface area contributed by atoms with Gasteiger partial charge in [-0.3, -0.25) is 14.6 Å². The van der Waals surface area contributed by atoms with Gasteiger partial charge >= 0.3 is 6.03 Å². The van der Waals surface area contributed by atoms with Crippen molar-refractivity contribution in [3.63, 3.8) is 0 Å². The van der Waals surface area contributed by atoms with E-state index >= 15 is 0 Å². The predicted octanol–water partition coefficient (Wildman–Crippen LogP) is 3.41. The van der Waals surface area contributed by atoms with Gasteiger partial charge in [-0.2, -0.15) is 0 Å². The fraction of sp³-hybridized carbons (Fsp3) is 0.360.